The van der Waals surface area contributed by atoms with Crippen LogP contribution in [0.3, 0.4) is 0 Å². The van der Waals surface area contributed by atoms with E-state index in [1.807, 2.05) is 12.1 Å². The van der Waals surface area contributed by atoms with E-state index in [-0.39, 0.29) is 6.61 Å². The topological polar surface area (TPSA) is 55.8 Å². The number of benzene rings is 1. The summed E-state index contributed by atoms with van der Waals surface area (Å²) in [6.45, 7) is 0.532. The lowest BCUT2D eigenvalue weighted by Crippen LogP contribution is -2.03. The van der Waals surface area contributed by atoms with Crippen LogP contribution in [0.5, 0.6) is 5.75 Å². The van der Waals surface area contributed by atoms with E-state index >= 15 is 0 Å². The summed E-state index contributed by atoms with van der Waals surface area (Å²) < 4.78 is 10.2. The fraction of sp³-hybridized carbons (Fsp3) is 0.250. The molecule has 0 aromatic heterocycles. The molecular weight excluding hydrogens is 208 g/mol. The third-order valence-electron chi connectivity index (χ3n) is 2.55. The van der Waals surface area contributed by atoms with E-state index in [4.69, 9.17) is 14.6 Å². The van der Waals surface area contributed by atoms with Crippen LogP contribution in [0.4, 0.5) is 0 Å². The molecular formula is C12H12O4. The second-order valence-electron chi connectivity index (χ2n) is 3.48. The SMILES string of the molecule is COc1ccc(C2=C(C(=O)O)COC2)cc1. The Morgan fingerprint density at radius 3 is 2.56 bits per heavy atom. The first-order chi connectivity index (χ1) is 7.72. The van der Waals surface area contributed by atoms with E-state index in [1.54, 1.807) is 19.2 Å². The maximum atomic E-state index is 10.9. The molecule has 1 aliphatic heterocycles. The minimum Gasteiger partial charge on any atom is -0.497 e. The van der Waals surface area contributed by atoms with Gasteiger partial charge in [-0.25, -0.2) is 4.79 Å². The van der Waals surface area contributed by atoms with Crippen molar-refractivity contribution in [1.29, 1.82) is 0 Å². The lowest BCUT2D eigenvalue weighted by molar-refractivity contribution is -0.132. The number of hydrogen-bond acceptors (Lipinski definition) is 3. The molecule has 0 bridgehead atoms. The van der Waals surface area contributed by atoms with Crippen LogP contribution < -0.4 is 4.74 Å². The number of aliphatic carboxylic acids is 1. The van der Waals surface area contributed by atoms with E-state index in [0.29, 0.717) is 12.2 Å². The molecule has 0 spiro atoms. The first kappa shape index (κ1) is 10.7. The zero-order valence-corrected chi connectivity index (χ0v) is 8.90. The van der Waals surface area contributed by atoms with Gasteiger partial charge in [0.25, 0.3) is 0 Å². The number of carbonyl (C=O) groups is 1. The van der Waals surface area contributed by atoms with Gasteiger partial charge in [0.05, 0.1) is 25.9 Å². The molecule has 0 radical (unpaired) electrons. The summed E-state index contributed by atoms with van der Waals surface area (Å²) in [5.41, 5.74) is 1.95. The van der Waals surface area contributed by atoms with Gasteiger partial charge in [0.15, 0.2) is 0 Å². The average molecular weight is 220 g/mol. The minimum atomic E-state index is -0.914. The van der Waals surface area contributed by atoms with Crippen molar-refractivity contribution in [3.05, 3.63) is 35.4 Å². The Balaban J connectivity index is 2.35. The molecule has 0 atom stereocenters. The molecule has 0 aliphatic carbocycles. The minimum absolute atomic E-state index is 0.177. The standard InChI is InChI=1S/C12H12O4/c1-15-9-4-2-8(3-5-9)10-6-16-7-11(10)12(13)14/h2-5H,6-7H2,1H3,(H,13,14). The summed E-state index contributed by atoms with van der Waals surface area (Å²) in [5, 5.41) is 8.98. The summed E-state index contributed by atoms with van der Waals surface area (Å²) in [5.74, 6) is -0.163. The van der Waals surface area contributed by atoms with Gasteiger partial charge < -0.3 is 14.6 Å². The third kappa shape index (κ3) is 1.92. The third-order valence-corrected chi connectivity index (χ3v) is 2.55. The zero-order valence-electron chi connectivity index (χ0n) is 8.90. The van der Waals surface area contributed by atoms with Crippen LogP contribution in [0.25, 0.3) is 5.57 Å². The van der Waals surface area contributed by atoms with Crippen LogP contribution in [-0.4, -0.2) is 31.4 Å². The smallest absolute Gasteiger partial charge is 0.334 e. The van der Waals surface area contributed by atoms with Crippen molar-refractivity contribution in [2.24, 2.45) is 0 Å². The van der Waals surface area contributed by atoms with Crippen molar-refractivity contribution in [2.75, 3.05) is 20.3 Å². The number of methoxy groups -OCH3 is 1. The van der Waals surface area contributed by atoms with E-state index < -0.39 is 5.97 Å². The molecule has 4 heteroatoms. The van der Waals surface area contributed by atoms with E-state index in [9.17, 15) is 4.79 Å². The predicted octanol–water partition coefficient (Wildman–Crippen LogP) is 1.56. The first-order valence-electron chi connectivity index (χ1n) is 4.90. The molecule has 0 saturated heterocycles. The van der Waals surface area contributed by atoms with Crippen LogP contribution >= 0.6 is 0 Å². The highest BCUT2D eigenvalue weighted by molar-refractivity contribution is 5.98. The molecule has 0 saturated carbocycles. The molecule has 1 heterocycles. The Morgan fingerprint density at radius 1 is 1.31 bits per heavy atom. The van der Waals surface area contributed by atoms with Gasteiger partial charge in [0, 0.05) is 0 Å². The second-order valence-corrected chi connectivity index (χ2v) is 3.48. The first-order valence-corrected chi connectivity index (χ1v) is 4.90. The van der Waals surface area contributed by atoms with Crippen molar-refractivity contribution < 1.29 is 19.4 Å². The molecule has 1 aromatic carbocycles. The number of carboxylic acid groups (broad SMARTS) is 1. The Morgan fingerprint density at radius 2 is 2.00 bits per heavy atom. The molecule has 1 aromatic rings. The predicted molar refractivity (Wildman–Crippen MR) is 58.4 cm³/mol. The molecule has 1 aliphatic rings. The van der Waals surface area contributed by atoms with E-state index in [0.717, 1.165) is 16.9 Å². The van der Waals surface area contributed by atoms with Crippen molar-refractivity contribution in [3.8, 4) is 5.75 Å². The number of hydrogen-bond donors (Lipinski definition) is 1. The summed E-state index contributed by atoms with van der Waals surface area (Å²) in [6.07, 6.45) is 0. The van der Waals surface area contributed by atoms with Gasteiger partial charge in [-0.05, 0) is 23.3 Å². The van der Waals surface area contributed by atoms with Crippen LogP contribution in [0.2, 0.25) is 0 Å². The van der Waals surface area contributed by atoms with Gasteiger partial charge in [0.2, 0.25) is 0 Å². The van der Waals surface area contributed by atoms with Crippen molar-refractivity contribution in [1.82, 2.24) is 0 Å². The molecule has 0 amide bonds. The van der Waals surface area contributed by atoms with Gasteiger partial charge in [-0.15, -0.1) is 0 Å². The fourth-order valence-electron chi connectivity index (χ4n) is 1.67. The van der Waals surface area contributed by atoms with Crippen LogP contribution in [-0.2, 0) is 9.53 Å². The lowest BCUT2D eigenvalue weighted by Gasteiger charge is -2.04. The summed E-state index contributed by atoms with van der Waals surface area (Å²) >= 11 is 0. The van der Waals surface area contributed by atoms with E-state index in [2.05, 4.69) is 0 Å². The zero-order chi connectivity index (χ0) is 11.5. The molecule has 16 heavy (non-hydrogen) atoms. The molecule has 0 fully saturated rings. The van der Waals surface area contributed by atoms with Crippen LogP contribution in [0, 0.1) is 0 Å². The highest BCUT2D eigenvalue weighted by Crippen LogP contribution is 2.26. The quantitative estimate of drug-likeness (QED) is 0.839. The Kier molecular flexibility index (Phi) is 2.92. The van der Waals surface area contributed by atoms with Gasteiger partial charge >= 0.3 is 5.97 Å². The highest BCUT2D eigenvalue weighted by atomic mass is 16.5. The number of rotatable bonds is 3. The van der Waals surface area contributed by atoms with Gasteiger partial charge in [-0.1, -0.05) is 12.1 Å². The Labute approximate surface area is 93.1 Å². The van der Waals surface area contributed by atoms with Gasteiger partial charge in [-0.3, -0.25) is 0 Å². The monoisotopic (exact) mass is 220 g/mol. The normalized spacial score (nSPS) is 15.3. The van der Waals surface area contributed by atoms with Crippen molar-refractivity contribution in [2.45, 2.75) is 0 Å². The molecule has 1 N–H and O–H groups in total. The fourth-order valence-corrected chi connectivity index (χ4v) is 1.67. The lowest BCUT2D eigenvalue weighted by atomic mass is 10.0. The Bertz CT molecular complexity index is 431. The maximum absolute atomic E-state index is 10.9. The summed E-state index contributed by atoms with van der Waals surface area (Å²) in [4.78, 5) is 10.9. The van der Waals surface area contributed by atoms with E-state index in [1.165, 1.54) is 0 Å². The van der Waals surface area contributed by atoms with Gasteiger partial charge in [-0.2, -0.15) is 0 Å². The summed E-state index contributed by atoms with van der Waals surface area (Å²) in [6, 6.07) is 7.29. The highest BCUT2D eigenvalue weighted by Gasteiger charge is 2.21. The number of ether oxygens (including phenoxy) is 2. The maximum Gasteiger partial charge on any atom is 0.334 e. The molecule has 4 nitrogen and oxygen atoms in total. The average Bonchev–Trinajstić information content (AvgIpc) is 2.78. The van der Waals surface area contributed by atoms with Gasteiger partial charge in [0.1, 0.15) is 5.75 Å². The molecule has 2 rings (SSSR count). The molecule has 84 valence electrons. The number of carboxylic acids is 1. The van der Waals surface area contributed by atoms with Crippen molar-refractivity contribution in [3.63, 3.8) is 0 Å². The van der Waals surface area contributed by atoms with Crippen LogP contribution in [0.15, 0.2) is 29.8 Å². The largest absolute Gasteiger partial charge is 0.497 e. The van der Waals surface area contributed by atoms with Crippen LogP contribution in [0.1, 0.15) is 5.56 Å². The van der Waals surface area contributed by atoms with Crippen molar-refractivity contribution >= 4 is 11.5 Å². The Hall–Kier alpha value is -1.81. The summed E-state index contributed by atoms with van der Waals surface area (Å²) in [7, 11) is 1.59. The second kappa shape index (κ2) is 4.37. The molecule has 0 unspecified atom stereocenters.